The molecule has 1 N–H and O–H groups in total. The lowest BCUT2D eigenvalue weighted by molar-refractivity contribution is -0.122. The summed E-state index contributed by atoms with van der Waals surface area (Å²) in [6.07, 6.45) is 1.31. The van der Waals surface area contributed by atoms with Crippen molar-refractivity contribution in [2.75, 3.05) is 28.3 Å². The molecule has 0 aromatic heterocycles. The SMILES string of the molecule is C[C@H]1CC(=O)Nc2ccccc2N1C(=O)COC(=O)c1ccccc1N1CCCC1=O. The van der Waals surface area contributed by atoms with Gasteiger partial charge in [0.1, 0.15) is 0 Å². The standard InChI is InChI=1S/C23H23N3O5/c1-15-13-20(27)24-17-8-3-5-10-19(17)26(15)22(29)14-31-23(30)16-7-2-4-9-18(16)25-12-6-11-21(25)28/h2-5,7-10,15H,6,11-14H2,1H3,(H,24,27)/t15-/m0/s1. The van der Waals surface area contributed by atoms with Crippen LogP contribution >= 0.6 is 0 Å². The number of esters is 1. The topological polar surface area (TPSA) is 96.0 Å². The van der Waals surface area contributed by atoms with Crippen molar-refractivity contribution in [1.82, 2.24) is 0 Å². The molecule has 1 saturated heterocycles. The summed E-state index contributed by atoms with van der Waals surface area (Å²) >= 11 is 0. The van der Waals surface area contributed by atoms with Crippen molar-refractivity contribution in [3.05, 3.63) is 54.1 Å². The number of benzene rings is 2. The molecule has 1 atom stereocenters. The van der Waals surface area contributed by atoms with E-state index in [1.807, 2.05) is 0 Å². The predicted octanol–water partition coefficient (Wildman–Crippen LogP) is 2.73. The van der Waals surface area contributed by atoms with Crippen LogP contribution in [-0.2, 0) is 19.1 Å². The Balaban J connectivity index is 1.51. The van der Waals surface area contributed by atoms with Crippen LogP contribution in [0.15, 0.2) is 48.5 Å². The quantitative estimate of drug-likeness (QED) is 0.766. The highest BCUT2D eigenvalue weighted by atomic mass is 16.5. The molecule has 2 aromatic carbocycles. The number of carbonyl (C=O) groups is 4. The molecule has 0 bridgehead atoms. The van der Waals surface area contributed by atoms with Gasteiger partial charge in [0.15, 0.2) is 6.61 Å². The average Bonchev–Trinajstić information content (AvgIpc) is 3.13. The van der Waals surface area contributed by atoms with Gasteiger partial charge in [-0.1, -0.05) is 24.3 Å². The van der Waals surface area contributed by atoms with Gasteiger partial charge in [0, 0.05) is 25.4 Å². The minimum atomic E-state index is -0.673. The van der Waals surface area contributed by atoms with Crippen LogP contribution in [0.4, 0.5) is 17.1 Å². The van der Waals surface area contributed by atoms with Crippen LogP contribution in [-0.4, -0.2) is 42.9 Å². The van der Waals surface area contributed by atoms with E-state index in [-0.39, 0.29) is 23.8 Å². The zero-order valence-electron chi connectivity index (χ0n) is 17.2. The van der Waals surface area contributed by atoms with E-state index in [1.165, 1.54) is 4.90 Å². The third-order valence-electron chi connectivity index (χ3n) is 5.44. The number of nitrogens with one attached hydrogen (secondary N) is 1. The van der Waals surface area contributed by atoms with E-state index in [0.29, 0.717) is 30.0 Å². The molecule has 0 spiro atoms. The van der Waals surface area contributed by atoms with E-state index in [9.17, 15) is 19.2 Å². The summed E-state index contributed by atoms with van der Waals surface area (Å²) in [6, 6.07) is 13.3. The molecule has 3 amide bonds. The molecule has 2 aliphatic heterocycles. The highest BCUT2D eigenvalue weighted by Gasteiger charge is 2.31. The highest BCUT2D eigenvalue weighted by molar-refractivity contribution is 6.07. The van der Waals surface area contributed by atoms with E-state index in [1.54, 1.807) is 60.4 Å². The van der Waals surface area contributed by atoms with Gasteiger partial charge >= 0.3 is 5.97 Å². The summed E-state index contributed by atoms with van der Waals surface area (Å²) in [5.41, 5.74) is 1.83. The number of anilines is 3. The maximum Gasteiger partial charge on any atom is 0.340 e. The lowest BCUT2D eigenvalue weighted by atomic mass is 10.1. The Labute approximate surface area is 179 Å². The van der Waals surface area contributed by atoms with Crippen LogP contribution in [0.25, 0.3) is 0 Å². The van der Waals surface area contributed by atoms with E-state index < -0.39 is 24.5 Å². The number of hydrogen-bond acceptors (Lipinski definition) is 5. The first-order chi connectivity index (χ1) is 15.0. The molecule has 1 fully saturated rings. The molecule has 0 unspecified atom stereocenters. The molecule has 4 rings (SSSR count). The third-order valence-corrected chi connectivity index (χ3v) is 5.44. The Morgan fingerprint density at radius 2 is 1.77 bits per heavy atom. The zero-order chi connectivity index (χ0) is 22.0. The van der Waals surface area contributed by atoms with Crippen LogP contribution in [0.5, 0.6) is 0 Å². The van der Waals surface area contributed by atoms with Gasteiger partial charge in [-0.3, -0.25) is 14.4 Å². The number of amides is 3. The monoisotopic (exact) mass is 421 g/mol. The molecular formula is C23H23N3O5. The number of hydrogen-bond donors (Lipinski definition) is 1. The molecular weight excluding hydrogens is 398 g/mol. The Kier molecular flexibility index (Phi) is 5.70. The first kappa shape index (κ1) is 20.6. The van der Waals surface area contributed by atoms with Crippen molar-refractivity contribution in [3.63, 3.8) is 0 Å². The number of ether oxygens (including phenoxy) is 1. The summed E-state index contributed by atoms with van der Waals surface area (Å²) in [6.45, 7) is 1.84. The minimum Gasteiger partial charge on any atom is -0.452 e. The first-order valence-electron chi connectivity index (χ1n) is 10.2. The van der Waals surface area contributed by atoms with E-state index in [4.69, 9.17) is 4.74 Å². The molecule has 2 heterocycles. The molecule has 160 valence electrons. The number of fused-ring (bicyclic) bond motifs is 1. The predicted molar refractivity (Wildman–Crippen MR) is 115 cm³/mol. The lowest BCUT2D eigenvalue weighted by Gasteiger charge is -2.27. The van der Waals surface area contributed by atoms with Crippen molar-refractivity contribution >= 4 is 40.8 Å². The van der Waals surface area contributed by atoms with Crippen LogP contribution in [0.2, 0.25) is 0 Å². The summed E-state index contributed by atoms with van der Waals surface area (Å²) in [4.78, 5) is 53.0. The molecule has 2 aromatic rings. The summed E-state index contributed by atoms with van der Waals surface area (Å²) in [5, 5.41) is 2.79. The van der Waals surface area contributed by atoms with Crippen LogP contribution in [0.3, 0.4) is 0 Å². The first-order valence-corrected chi connectivity index (χ1v) is 10.2. The minimum absolute atomic E-state index is 0.0384. The fraction of sp³-hybridized carbons (Fsp3) is 0.304. The molecule has 0 aliphatic carbocycles. The number of para-hydroxylation sites is 3. The van der Waals surface area contributed by atoms with Gasteiger partial charge < -0.3 is 19.9 Å². The van der Waals surface area contributed by atoms with Gasteiger partial charge in [0.05, 0.1) is 22.6 Å². The van der Waals surface area contributed by atoms with E-state index >= 15 is 0 Å². The van der Waals surface area contributed by atoms with Crippen molar-refractivity contribution in [3.8, 4) is 0 Å². The maximum absolute atomic E-state index is 13.0. The second-order valence-electron chi connectivity index (χ2n) is 7.62. The van der Waals surface area contributed by atoms with E-state index in [2.05, 4.69) is 5.32 Å². The van der Waals surface area contributed by atoms with Gasteiger partial charge in [-0.25, -0.2) is 4.79 Å². The molecule has 8 heteroatoms. The summed E-state index contributed by atoms with van der Waals surface area (Å²) in [7, 11) is 0. The molecule has 0 saturated carbocycles. The van der Waals surface area contributed by atoms with E-state index in [0.717, 1.165) is 6.42 Å². The second kappa shape index (κ2) is 8.59. The smallest absolute Gasteiger partial charge is 0.340 e. The van der Waals surface area contributed by atoms with Gasteiger partial charge in [0.25, 0.3) is 5.91 Å². The number of nitrogens with zero attached hydrogens (tertiary/aromatic N) is 2. The summed E-state index contributed by atoms with van der Waals surface area (Å²) < 4.78 is 5.34. The zero-order valence-corrected chi connectivity index (χ0v) is 17.2. The van der Waals surface area contributed by atoms with Crippen molar-refractivity contribution in [2.45, 2.75) is 32.2 Å². The Bertz CT molecular complexity index is 1050. The number of carbonyl (C=O) groups excluding carboxylic acids is 4. The Morgan fingerprint density at radius 3 is 2.52 bits per heavy atom. The Morgan fingerprint density at radius 1 is 1.06 bits per heavy atom. The normalized spacial score (nSPS) is 18.3. The molecule has 8 nitrogen and oxygen atoms in total. The highest BCUT2D eigenvalue weighted by Crippen LogP contribution is 2.31. The molecule has 2 aliphatic rings. The van der Waals surface area contributed by atoms with Gasteiger partial charge in [0.2, 0.25) is 11.8 Å². The van der Waals surface area contributed by atoms with Crippen LogP contribution in [0.1, 0.15) is 36.5 Å². The molecule has 0 radical (unpaired) electrons. The van der Waals surface area contributed by atoms with Gasteiger partial charge in [-0.2, -0.15) is 0 Å². The maximum atomic E-state index is 13.0. The average molecular weight is 421 g/mol. The Hall–Kier alpha value is -3.68. The van der Waals surface area contributed by atoms with Gasteiger partial charge in [-0.05, 0) is 37.6 Å². The fourth-order valence-electron chi connectivity index (χ4n) is 4.03. The lowest BCUT2D eigenvalue weighted by Crippen LogP contribution is -2.41. The fourth-order valence-corrected chi connectivity index (χ4v) is 4.03. The number of rotatable bonds is 4. The summed E-state index contributed by atoms with van der Waals surface area (Å²) in [5.74, 6) is -1.33. The van der Waals surface area contributed by atoms with Crippen molar-refractivity contribution in [2.24, 2.45) is 0 Å². The third kappa shape index (κ3) is 4.14. The van der Waals surface area contributed by atoms with Crippen LogP contribution < -0.4 is 15.1 Å². The second-order valence-corrected chi connectivity index (χ2v) is 7.62. The largest absolute Gasteiger partial charge is 0.452 e. The van der Waals surface area contributed by atoms with Crippen molar-refractivity contribution < 1.29 is 23.9 Å². The van der Waals surface area contributed by atoms with Crippen LogP contribution in [0, 0.1) is 0 Å². The van der Waals surface area contributed by atoms with Gasteiger partial charge in [-0.15, -0.1) is 0 Å². The molecule has 31 heavy (non-hydrogen) atoms. The van der Waals surface area contributed by atoms with Crippen molar-refractivity contribution in [1.29, 1.82) is 0 Å².